The minimum Gasteiger partial charge on any atom is -0.490 e. The molecule has 0 spiro atoms. The quantitative estimate of drug-likeness (QED) is 0.184. The molecule has 0 radical (unpaired) electrons. The van der Waals surface area contributed by atoms with Crippen molar-refractivity contribution in [2.45, 2.75) is 37.6 Å². The lowest BCUT2D eigenvalue weighted by Crippen LogP contribution is -2.51. The molecule has 0 unspecified atom stereocenters. The van der Waals surface area contributed by atoms with Crippen LogP contribution in [0.1, 0.15) is 23.3 Å². The van der Waals surface area contributed by atoms with Crippen molar-refractivity contribution in [1.29, 1.82) is 0 Å². The third-order valence-electron chi connectivity index (χ3n) is 9.64. The molecule has 4 N–H and O–H groups in total. The van der Waals surface area contributed by atoms with Gasteiger partial charge in [0.2, 0.25) is 0 Å². The third kappa shape index (κ3) is 6.75. The Morgan fingerprint density at radius 2 is 1.90 bits per heavy atom. The minimum absolute atomic E-state index is 0.00167. The summed E-state index contributed by atoms with van der Waals surface area (Å²) in [6.45, 7) is 3.09. The van der Waals surface area contributed by atoms with Gasteiger partial charge < -0.3 is 25.8 Å². The fourth-order valence-corrected chi connectivity index (χ4v) is 8.23. The maximum atomic E-state index is 15.0. The van der Waals surface area contributed by atoms with E-state index >= 15 is 4.39 Å². The van der Waals surface area contributed by atoms with Gasteiger partial charge in [0.1, 0.15) is 47.1 Å². The Labute approximate surface area is 301 Å². The lowest BCUT2D eigenvalue weighted by molar-refractivity contribution is -0.0282. The highest BCUT2D eigenvalue weighted by molar-refractivity contribution is 7.18. The number of ether oxygens (including phenoxy) is 1. The SMILES string of the molecule is Nc1nc2sc(CN[C@H]3CCCN(C[C@@](O)(Cn4cncn4)c4ccc(F)cc4F)C3)cc2n(-c2ccc3c(c2)N(c2ccccc2)CCO3)c1=O. The van der Waals surface area contributed by atoms with E-state index in [0.29, 0.717) is 48.8 Å². The second-order valence-electron chi connectivity index (χ2n) is 13.2. The first-order chi connectivity index (χ1) is 25.2. The number of halogens is 2. The minimum atomic E-state index is -1.69. The Bertz CT molecular complexity index is 2270. The van der Waals surface area contributed by atoms with Gasteiger partial charge in [-0.3, -0.25) is 14.3 Å². The standard InChI is InChI=1S/C37H37F2N9O3S/c38-24-8-10-29(30(39)15-24)37(50,21-46-23-41-22-43-46)20-45-12-4-5-25(19-45)42-18-28-17-32-35(52-28)44-34(40)36(49)48(32)27-9-11-33-31(16-27)47(13-14-51-33)26-6-2-1-3-7-26/h1-3,6-11,15-17,22-23,25,42,50H,4-5,12-14,18-21H2,(H2,40,44)/t25-,37+/m0/s1. The number of β-amino-alcohol motifs (C(OH)–C–C–N with tert-alkyl or cyclic N) is 1. The van der Waals surface area contributed by atoms with E-state index in [4.69, 9.17) is 10.5 Å². The summed E-state index contributed by atoms with van der Waals surface area (Å²) >= 11 is 1.47. The molecule has 0 saturated carbocycles. The number of hydrogen-bond acceptors (Lipinski definition) is 11. The monoisotopic (exact) mass is 725 g/mol. The topological polar surface area (TPSA) is 140 Å². The van der Waals surface area contributed by atoms with Crippen LogP contribution in [0.5, 0.6) is 5.75 Å². The van der Waals surface area contributed by atoms with Gasteiger partial charge in [0, 0.05) is 47.9 Å². The molecular formula is C37H37F2N9O3S. The number of piperidine rings is 1. The molecule has 2 aliphatic heterocycles. The zero-order valence-corrected chi connectivity index (χ0v) is 29.0. The molecule has 1 fully saturated rings. The van der Waals surface area contributed by atoms with Crippen LogP contribution in [0.15, 0.2) is 90.2 Å². The predicted molar refractivity (Wildman–Crippen MR) is 195 cm³/mol. The van der Waals surface area contributed by atoms with Gasteiger partial charge in [0.05, 0.1) is 30.0 Å². The van der Waals surface area contributed by atoms with Crippen LogP contribution in [-0.2, 0) is 18.7 Å². The van der Waals surface area contributed by atoms with Crippen LogP contribution in [0.25, 0.3) is 16.0 Å². The molecule has 52 heavy (non-hydrogen) atoms. The summed E-state index contributed by atoms with van der Waals surface area (Å²) in [5, 5.41) is 19.6. The predicted octanol–water partition coefficient (Wildman–Crippen LogP) is 4.57. The number of nitrogens with zero attached hydrogens (tertiary/aromatic N) is 7. The molecule has 3 aromatic carbocycles. The summed E-state index contributed by atoms with van der Waals surface area (Å²) in [5.41, 5.74) is 7.31. The number of nitrogens with one attached hydrogen (secondary N) is 1. The molecule has 15 heteroatoms. The van der Waals surface area contributed by atoms with E-state index in [2.05, 4.69) is 30.2 Å². The van der Waals surface area contributed by atoms with Gasteiger partial charge in [-0.05, 0) is 61.9 Å². The lowest BCUT2D eigenvalue weighted by Gasteiger charge is -2.39. The number of fused-ring (bicyclic) bond motifs is 2. The summed E-state index contributed by atoms with van der Waals surface area (Å²) in [6, 6.07) is 21.0. The molecule has 6 aromatic rings. The van der Waals surface area contributed by atoms with E-state index in [-0.39, 0.29) is 30.5 Å². The summed E-state index contributed by atoms with van der Waals surface area (Å²) in [4.78, 5) is 27.8. The van der Waals surface area contributed by atoms with E-state index in [9.17, 15) is 14.3 Å². The highest BCUT2D eigenvalue weighted by atomic mass is 32.1. The average Bonchev–Trinajstić information content (AvgIpc) is 3.80. The maximum absolute atomic E-state index is 15.0. The van der Waals surface area contributed by atoms with Crippen molar-refractivity contribution in [1.82, 2.24) is 34.5 Å². The van der Waals surface area contributed by atoms with Crippen LogP contribution in [0.4, 0.5) is 26.0 Å². The molecule has 1 saturated heterocycles. The van der Waals surface area contributed by atoms with Crippen LogP contribution in [0, 0.1) is 11.6 Å². The largest absolute Gasteiger partial charge is 0.490 e. The smallest absolute Gasteiger partial charge is 0.298 e. The van der Waals surface area contributed by atoms with E-state index < -0.39 is 22.8 Å². The Balaban J connectivity index is 1.02. The van der Waals surface area contributed by atoms with E-state index in [1.807, 2.05) is 54.6 Å². The fourth-order valence-electron chi connectivity index (χ4n) is 7.26. The number of likely N-dealkylation sites (tertiary alicyclic amines) is 1. The van der Waals surface area contributed by atoms with E-state index in [1.165, 1.54) is 34.7 Å². The Morgan fingerprint density at radius 3 is 2.71 bits per heavy atom. The van der Waals surface area contributed by atoms with Crippen molar-refractivity contribution in [3.05, 3.63) is 118 Å². The first kappa shape index (κ1) is 33.9. The number of aliphatic hydroxyl groups is 1. The summed E-state index contributed by atoms with van der Waals surface area (Å²) in [7, 11) is 0. The maximum Gasteiger partial charge on any atom is 0.298 e. The van der Waals surface area contributed by atoms with Crippen molar-refractivity contribution >= 4 is 38.9 Å². The number of rotatable bonds is 10. The third-order valence-corrected chi connectivity index (χ3v) is 10.7. The molecule has 268 valence electrons. The zero-order chi connectivity index (χ0) is 35.8. The molecule has 3 aromatic heterocycles. The number of thiophene rings is 1. The van der Waals surface area contributed by atoms with Gasteiger partial charge in [-0.2, -0.15) is 5.10 Å². The Kier molecular flexibility index (Phi) is 9.17. The van der Waals surface area contributed by atoms with Gasteiger partial charge in [0.15, 0.2) is 5.82 Å². The average molecular weight is 726 g/mol. The molecular weight excluding hydrogens is 689 g/mol. The number of hydrogen-bond donors (Lipinski definition) is 3. The number of aromatic nitrogens is 5. The van der Waals surface area contributed by atoms with E-state index in [0.717, 1.165) is 47.0 Å². The number of anilines is 3. The fraction of sp³-hybridized carbons (Fsp3) is 0.297. The van der Waals surface area contributed by atoms with Gasteiger partial charge in [-0.25, -0.2) is 23.4 Å². The van der Waals surface area contributed by atoms with Crippen LogP contribution in [0.2, 0.25) is 0 Å². The molecule has 0 aliphatic carbocycles. The van der Waals surface area contributed by atoms with Crippen LogP contribution in [0.3, 0.4) is 0 Å². The highest BCUT2D eigenvalue weighted by Crippen LogP contribution is 2.39. The normalized spacial score (nSPS) is 17.5. The van der Waals surface area contributed by atoms with Crippen molar-refractivity contribution in [2.75, 3.05) is 43.4 Å². The lowest BCUT2D eigenvalue weighted by atomic mass is 9.91. The summed E-state index contributed by atoms with van der Waals surface area (Å²) in [5.74, 6) is -0.873. The number of benzene rings is 3. The van der Waals surface area contributed by atoms with Gasteiger partial charge in [-0.15, -0.1) is 11.3 Å². The second kappa shape index (κ2) is 14.1. The summed E-state index contributed by atoms with van der Waals surface area (Å²) < 4.78 is 37.9. The van der Waals surface area contributed by atoms with Crippen molar-refractivity contribution in [3.63, 3.8) is 0 Å². The van der Waals surface area contributed by atoms with Gasteiger partial charge in [0.25, 0.3) is 5.56 Å². The second-order valence-corrected chi connectivity index (χ2v) is 14.3. The molecule has 0 bridgehead atoms. The Morgan fingerprint density at radius 1 is 1.04 bits per heavy atom. The first-order valence-corrected chi connectivity index (χ1v) is 17.9. The molecule has 12 nitrogen and oxygen atoms in total. The molecule has 0 amide bonds. The van der Waals surface area contributed by atoms with Crippen molar-refractivity contribution in [3.8, 4) is 11.4 Å². The summed E-state index contributed by atoms with van der Waals surface area (Å²) in [6.07, 6.45) is 4.56. The molecule has 5 heterocycles. The molecule has 2 aliphatic rings. The number of nitrogen functional groups attached to an aromatic ring is 1. The zero-order valence-electron chi connectivity index (χ0n) is 28.2. The van der Waals surface area contributed by atoms with Gasteiger partial charge in [-0.1, -0.05) is 24.3 Å². The van der Waals surface area contributed by atoms with Crippen LogP contribution >= 0.6 is 11.3 Å². The molecule has 2 atom stereocenters. The first-order valence-electron chi connectivity index (χ1n) is 17.1. The van der Waals surface area contributed by atoms with Crippen molar-refractivity contribution < 1.29 is 18.6 Å². The van der Waals surface area contributed by atoms with Crippen molar-refractivity contribution in [2.24, 2.45) is 0 Å². The number of nitrogens with two attached hydrogens (primary N) is 1. The molecule has 8 rings (SSSR count). The van der Waals surface area contributed by atoms with Crippen LogP contribution < -0.4 is 26.2 Å². The van der Waals surface area contributed by atoms with E-state index in [1.54, 1.807) is 4.57 Å². The highest BCUT2D eigenvalue weighted by Gasteiger charge is 2.37. The van der Waals surface area contributed by atoms with Gasteiger partial charge >= 0.3 is 0 Å². The number of para-hydroxylation sites is 1. The van der Waals surface area contributed by atoms with Crippen LogP contribution in [-0.4, -0.2) is 73.1 Å². The Hall–Kier alpha value is -5.22.